The quantitative estimate of drug-likeness (QED) is 0.0489. The van der Waals surface area contributed by atoms with E-state index in [0.29, 0.717) is 39.0 Å². The summed E-state index contributed by atoms with van der Waals surface area (Å²) in [5.74, 6) is 0.255. The lowest BCUT2D eigenvalue weighted by molar-refractivity contribution is -0.370. The van der Waals surface area contributed by atoms with E-state index in [1.807, 2.05) is 4.90 Å². The lowest BCUT2D eigenvalue weighted by atomic mass is 10.0. The van der Waals surface area contributed by atoms with Crippen LogP contribution < -0.4 is 5.73 Å². The molecule has 0 aliphatic heterocycles. The van der Waals surface area contributed by atoms with Crippen molar-refractivity contribution in [3.8, 4) is 0 Å². The normalized spacial score (nSPS) is 12.1. The van der Waals surface area contributed by atoms with Gasteiger partial charge in [-0.3, -0.25) is 9.69 Å². The van der Waals surface area contributed by atoms with Crippen LogP contribution in [0.25, 0.3) is 0 Å². The van der Waals surface area contributed by atoms with Gasteiger partial charge in [-0.1, -0.05) is 96.8 Å². The van der Waals surface area contributed by atoms with Crippen LogP contribution in [0.2, 0.25) is 0 Å². The van der Waals surface area contributed by atoms with E-state index in [1.165, 1.54) is 105 Å². The molecule has 0 saturated heterocycles. The van der Waals surface area contributed by atoms with Crippen molar-refractivity contribution in [3.05, 3.63) is 0 Å². The van der Waals surface area contributed by atoms with Gasteiger partial charge < -0.3 is 10.2 Å². The first-order chi connectivity index (χ1) is 18.6. The Morgan fingerprint density at radius 2 is 1.11 bits per heavy atom. The molecule has 0 amide bonds. The molecule has 0 spiro atoms. The molecule has 0 rings (SSSR count). The van der Waals surface area contributed by atoms with Crippen LogP contribution in [0.15, 0.2) is 0 Å². The van der Waals surface area contributed by atoms with Crippen molar-refractivity contribution in [3.63, 3.8) is 0 Å². The summed E-state index contributed by atoms with van der Waals surface area (Å²) >= 11 is 0. The fraction of sp³-hybridized carbons (Fsp3) is 0.963. The van der Waals surface area contributed by atoms with Gasteiger partial charge in [-0.25, -0.2) is 14.7 Å². The van der Waals surface area contributed by atoms with Gasteiger partial charge in [0.05, 0.1) is 27.9 Å². The fourth-order valence-corrected chi connectivity index (χ4v) is 5.61. The Morgan fingerprint density at radius 3 is 1.53 bits per heavy atom. The zero-order chi connectivity index (χ0) is 28.2. The molecule has 0 aromatic heterocycles. The Labute approximate surface area is 233 Å². The second kappa shape index (κ2) is 28.1. The predicted octanol–water partition coefficient (Wildman–Crippen LogP) is 5.65. The minimum atomic E-state index is -3.74. The van der Waals surface area contributed by atoms with Gasteiger partial charge in [0.1, 0.15) is 5.78 Å². The van der Waals surface area contributed by atoms with Crippen LogP contribution in [0.3, 0.4) is 0 Å². The summed E-state index contributed by atoms with van der Waals surface area (Å²) in [7, 11) is 0.164. The number of hydrogen-bond acceptors (Lipinski definition) is 10. The number of hydrogen-bond donors (Lipinski definition) is 1. The molecule has 38 heavy (non-hydrogen) atoms. The predicted molar refractivity (Wildman–Crippen MR) is 151 cm³/mol. The first-order valence-corrected chi connectivity index (χ1v) is 16.4. The third kappa shape index (κ3) is 22.4. The highest BCUT2D eigenvalue weighted by Gasteiger charge is 2.51. The van der Waals surface area contributed by atoms with Gasteiger partial charge >= 0.3 is 9.05 Å². The number of carbonyl (C=O) groups is 1. The van der Waals surface area contributed by atoms with Crippen LogP contribution >= 0.6 is 0 Å². The zero-order valence-electron chi connectivity index (χ0n) is 24.8. The summed E-state index contributed by atoms with van der Waals surface area (Å²) in [4.78, 5) is 28.5. The lowest BCUT2D eigenvalue weighted by Crippen LogP contribution is -2.49. The Hall–Kier alpha value is -0.473. The molecule has 228 valence electrons. The number of Topliss-reactive ketones (excluding diaryl/α,β-unsaturated/α-hetero) is 1. The van der Waals surface area contributed by atoms with Crippen LogP contribution in [0, 0.1) is 0 Å². The van der Waals surface area contributed by atoms with Crippen molar-refractivity contribution >= 4 is 14.8 Å². The molecule has 0 bridgehead atoms. The maximum absolute atomic E-state index is 12.5. The topological polar surface area (TPSA) is 111 Å². The average Bonchev–Trinajstić information content (AvgIpc) is 2.89. The molecule has 0 aromatic rings. The molecule has 0 fully saturated rings. The number of ketones is 1. The summed E-state index contributed by atoms with van der Waals surface area (Å²) in [6.45, 7) is 4.67. The van der Waals surface area contributed by atoms with Crippen LogP contribution in [-0.2, 0) is 37.6 Å². The van der Waals surface area contributed by atoms with E-state index in [1.54, 1.807) is 0 Å². The van der Waals surface area contributed by atoms with Crippen LogP contribution in [-0.4, -0.2) is 73.8 Å². The Bertz CT molecular complexity index is 502. The van der Waals surface area contributed by atoms with Crippen LogP contribution in [0.5, 0.6) is 0 Å². The van der Waals surface area contributed by atoms with Crippen molar-refractivity contribution < 1.29 is 37.6 Å². The second-order valence-electron chi connectivity index (χ2n) is 9.76. The minimum Gasteiger partial charge on any atom is -0.347 e. The van der Waals surface area contributed by atoms with Gasteiger partial charge in [0.25, 0.3) is 0 Å². The van der Waals surface area contributed by atoms with E-state index in [-0.39, 0.29) is 12.4 Å². The Kier molecular flexibility index (Phi) is 27.7. The minimum absolute atomic E-state index is 0.233. The Morgan fingerprint density at radius 1 is 0.658 bits per heavy atom. The summed E-state index contributed by atoms with van der Waals surface area (Å²) < 4.78 is 20.5. The van der Waals surface area contributed by atoms with Gasteiger partial charge in [0.15, 0.2) is 0 Å². The summed E-state index contributed by atoms with van der Waals surface area (Å²) in [6.07, 6.45) is 21.0. The number of carbonyl (C=O) groups excluding carboxylic acids is 1. The van der Waals surface area contributed by atoms with E-state index >= 15 is 0 Å². The molecule has 0 atom stereocenters. The lowest BCUT2D eigenvalue weighted by Gasteiger charge is -2.24. The van der Waals surface area contributed by atoms with Crippen LogP contribution in [0.4, 0.5) is 0 Å². The van der Waals surface area contributed by atoms with Gasteiger partial charge in [-0.2, -0.15) is 13.7 Å². The molecule has 0 aliphatic carbocycles. The molecule has 10 nitrogen and oxygen atoms in total. The number of nitrogens with two attached hydrogens (primary N) is 1. The highest BCUT2D eigenvalue weighted by molar-refractivity contribution is 6.52. The molecule has 0 unspecified atom stereocenters. The molecule has 0 radical (unpaired) electrons. The fourth-order valence-electron chi connectivity index (χ4n) is 4.38. The highest BCUT2D eigenvalue weighted by atomic mass is 28.4. The largest absolute Gasteiger partial charge is 0.764 e. The van der Waals surface area contributed by atoms with Crippen molar-refractivity contribution in [2.75, 3.05) is 54.1 Å². The molecule has 0 aliphatic rings. The van der Waals surface area contributed by atoms with Gasteiger partial charge in [-0.15, -0.1) is 0 Å². The molecule has 11 heteroatoms. The van der Waals surface area contributed by atoms with E-state index in [0.717, 1.165) is 12.8 Å². The van der Waals surface area contributed by atoms with Crippen molar-refractivity contribution in [1.82, 2.24) is 4.90 Å². The Balaban J connectivity index is 3.88. The SMILES string of the molecule is CCCCCCCCCCCCCCCCCC(=O)CN(CCN)CCCO[Si](OOC)(OOC)OOC. The summed E-state index contributed by atoms with van der Waals surface area (Å²) in [5.41, 5.74) is 5.75. The first kappa shape index (κ1) is 37.5. The standard InChI is InChI=1S/C27H58N2O8Si/c1-5-6-7-8-9-10-11-12-13-14-15-16-17-18-19-21-27(30)26-29(24-22-28)23-20-25-34-38(35-31-2,36-32-3)37-33-4/h5-26,28H2,1-4H3. The van der Waals surface area contributed by atoms with Gasteiger partial charge in [0, 0.05) is 32.7 Å². The molecule has 2 N–H and O–H groups in total. The first-order valence-electron chi connectivity index (χ1n) is 14.8. The average molecular weight is 567 g/mol. The van der Waals surface area contributed by atoms with Crippen molar-refractivity contribution in [2.45, 2.75) is 116 Å². The van der Waals surface area contributed by atoms with Crippen molar-refractivity contribution in [1.29, 1.82) is 0 Å². The van der Waals surface area contributed by atoms with E-state index in [4.69, 9.17) is 23.9 Å². The third-order valence-electron chi connectivity index (χ3n) is 6.36. The second-order valence-corrected chi connectivity index (χ2v) is 11.5. The maximum Gasteiger partial charge on any atom is 0.764 e. The van der Waals surface area contributed by atoms with Crippen molar-refractivity contribution in [2.24, 2.45) is 5.73 Å². The molecular formula is C27H58N2O8Si. The number of nitrogens with zero attached hydrogens (tertiary/aromatic N) is 1. The van der Waals surface area contributed by atoms with E-state index in [9.17, 15) is 4.79 Å². The highest BCUT2D eigenvalue weighted by Crippen LogP contribution is 2.15. The van der Waals surface area contributed by atoms with E-state index < -0.39 is 9.05 Å². The summed E-state index contributed by atoms with van der Waals surface area (Å²) in [6, 6.07) is 0. The van der Waals surface area contributed by atoms with E-state index in [2.05, 4.69) is 21.6 Å². The molecule has 0 aromatic carbocycles. The third-order valence-corrected chi connectivity index (χ3v) is 8.03. The van der Waals surface area contributed by atoms with Gasteiger partial charge in [0.2, 0.25) is 0 Å². The summed E-state index contributed by atoms with van der Waals surface area (Å²) in [5, 5.41) is 0. The molecule has 0 heterocycles. The maximum atomic E-state index is 12.5. The van der Waals surface area contributed by atoms with Crippen LogP contribution in [0.1, 0.15) is 116 Å². The molecule has 0 saturated carbocycles. The monoisotopic (exact) mass is 566 g/mol. The molecular weight excluding hydrogens is 508 g/mol. The zero-order valence-corrected chi connectivity index (χ0v) is 25.8. The number of unbranched alkanes of at least 4 members (excludes halogenated alkanes) is 14. The smallest absolute Gasteiger partial charge is 0.347 e. The number of rotatable bonds is 31. The van der Waals surface area contributed by atoms with Gasteiger partial charge in [-0.05, 0) is 12.8 Å².